The molecular weight excluding hydrogens is 422 g/mol. The molecule has 2 fully saturated rings. The maximum Gasteiger partial charge on any atom is 0.273 e. The maximum atomic E-state index is 12.6. The summed E-state index contributed by atoms with van der Waals surface area (Å²) in [6, 6.07) is 11.3. The highest BCUT2D eigenvalue weighted by atomic mass is 16.5. The van der Waals surface area contributed by atoms with Crippen LogP contribution in [-0.2, 0) is 9.59 Å². The largest absolute Gasteiger partial charge is 0.355 e. The lowest BCUT2D eigenvalue weighted by molar-refractivity contribution is -0.137. The molecule has 1 aromatic heterocycles. The normalized spacial score (nSPS) is 19.4. The molecule has 2 aromatic rings. The molecule has 1 aromatic carbocycles. The highest BCUT2D eigenvalue weighted by Crippen LogP contribution is 2.20. The van der Waals surface area contributed by atoms with Gasteiger partial charge in [-0.05, 0) is 26.2 Å². The summed E-state index contributed by atoms with van der Waals surface area (Å²) < 4.78 is 5.25. The molecule has 3 heterocycles. The predicted molar refractivity (Wildman–Crippen MR) is 122 cm³/mol. The van der Waals surface area contributed by atoms with Gasteiger partial charge in [0.15, 0.2) is 11.5 Å². The number of likely N-dealkylation sites (tertiary alicyclic amines) is 1. The summed E-state index contributed by atoms with van der Waals surface area (Å²) in [4.78, 5) is 43.4. The number of benzene rings is 1. The molecule has 2 saturated heterocycles. The van der Waals surface area contributed by atoms with E-state index >= 15 is 0 Å². The number of nitrogens with one attached hydrogen (secondary N) is 1. The van der Waals surface area contributed by atoms with Crippen LogP contribution in [0.4, 0.5) is 0 Å². The van der Waals surface area contributed by atoms with Crippen LogP contribution in [0.15, 0.2) is 40.9 Å². The Morgan fingerprint density at radius 2 is 1.79 bits per heavy atom. The summed E-state index contributed by atoms with van der Waals surface area (Å²) >= 11 is 0. The lowest BCUT2D eigenvalue weighted by Crippen LogP contribution is -2.54. The number of aromatic nitrogens is 1. The fraction of sp³-hybridized carbons (Fsp3) is 0.500. The third-order valence-electron chi connectivity index (χ3n) is 6.41. The van der Waals surface area contributed by atoms with Gasteiger partial charge in [-0.25, -0.2) is 0 Å². The van der Waals surface area contributed by atoms with Crippen LogP contribution < -0.4 is 5.32 Å². The molecule has 1 unspecified atom stereocenters. The highest BCUT2D eigenvalue weighted by Gasteiger charge is 2.27. The van der Waals surface area contributed by atoms with Gasteiger partial charge in [0.05, 0.1) is 13.1 Å². The Balaban J connectivity index is 1.20. The van der Waals surface area contributed by atoms with Gasteiger partial charge in [0.25, 0.3) is 5.91 Å². The van der Waals surface area contributed by atoms with Crippen LogP contribution in [0.1, 0.15) is 36.7 Å². The van der Waals surface area contributed by atoms with Crippen molar-refractivity contribution in [2.24, 2.45) is 0 Å². The number of rotatable bonds is 6. The molecule has 0 saturated carbocycles. The van der Waals surface area contributed by atoms with E-state index in [-0.39, 0.29) is 24.1 Å². The molecule has 1 atom stereocenters. The van der Waals surface area contributed by atoms with E-state index in [1.165, 1.54) is 6.42 Å². The summed E-state index contributed by atoms with van der Waals surface area (Å²) in [5.41, 5.74) is 0.961. The topological polar surface area (TPSA) is 99.0 Å². The Kier molecular flexibility index (Phi) is 7.39. The molecule has 9 nitrogen and oxygen atoms in total. The zero-order valence-electron chi connectivity index (χ0n) is 19.0. The minimum Gasteiger partial charge on any atom is -0.355 e. The summed E-state index contributed by atoms with van der Waals surface area (Å²) in [5.74, 6) is 0.0772. The molecule has 0 bridgehead atoms. The van der Waals surface area contributed by atoms with Crippen molar-refractivity contribution in [3.05, 3.63) is 42.1 Å². The van der Waals surface area contributed by atoms with Crippen molar-refractivity contribution >= 4 is 17.7 Å². The smallest absolute Gasteiger partial charge is 0.273 e. The van der Waals surface area contributed by atoms with E-state index in [9.17, 15) is 14.4 Å². The summed E-state index contributed by atoms with van der Waals surface area (Å²) in [6.45, 7) is 5.64. The van der Waals surface area contributed by atoms with E-state index in [1.54, 1.807) is 11.0 Å². The van der Waals surface area contributed by atoms with Crippen LogP contribution in [0, 0.1) is 0 Å². The van der Waals surface area contributed by atoms with Crippen molar-refractivity contribution < 1.29 is 18.9 Å². The Morgan fingerprint density at radius 1 is 1.03 bits per heavy atom. The third-order valence-corrected chi connectivity index (χ3v) is 6.41. The molecule has 176 valence electrons. The monoisotopic (exact) mass is 453 g/mol. The van der Waals surface area contributed by atoms with Gasteiger partial charge >= 0.3 is 0 Å². The predicted octanol–water partition coefficient (Wildman–Crippen LogP) is 1.62. The number of hydrogen-bond donors (Lipinski definition) is 1. The van der Waals surface area contributed by atoms with E-state index in [1.807, 2.05) is 35.2 Å². The van der Waals surface area contributed by atoms with Crippen LogP contribution in [0.5, 0.6) is 0 Å². The molecule has 1 N–H and O–H groups in total. The number of piperidine rings is 1. The zero-order chi connectivity index (χ0) is 23.2. The quantitative estimate of drug-likeness (QED) is 0.714. The first kappa shape index (κ1) is 23.0. The highest BCUT2D eigenvalue weighted by molar-refractivity contribution is 5.95. The molecule has 9 heteroatoms. The van der Waals surface area contributed by atoms with E-state index in [4.69, 9.17) is 4.52 Å². The number of piperazine rings is 1. The van der Waals surface area contributed by atoms with Gasteiger partial charge in [-0.2, -0.15) is 0 Å². The molecule has 33 heavy (non-hydrogen) atoms. The first-order valence-electron chi connectivity index (χ1n) is 11.6. The van der Waals surface area contributed by atoms with Gasteiger partial charge in [-0.1, -0.05) is 35.5 Å². The van der Waals surface area contributed by atoms with Crippen LogP contribution in [-0.4, -0.2) is 89.4 Å². The summed E-state index contributed by atoms with van der Waals surface area (Å²) in [7, 11) is 0. The van der Waals surface area contributed by atoms with Crippen LogP contribution in [0.3, 0.4) is 0 Å². The number of carbonyl (C=O) groups is 3. The molecule has 3 amide bonds. The number of hydrogen-bond acceptors (Lipinski definition) is 6. The van der Waals surface area contributed by atoms with Gasteiger partial charge in [0.2, 0.25) is 11.8 Å². The van der Waals surface area contributed by atoms with Gasteiger partial charge in [-0.3, -0.25) is 19.3 Å². The Hall–Kier alpha value is -3.20. The lowest BCUT2D eigenvalue weighted by Gasteiger charge is -2.38. The lowest BCUT2D eigenvalue weighted by atomic mass is 10.0. The van der Waals surface area contributed by atoms with Gasteiger partial charge < -0.3 is 19.6 Å². The standard InChI is InChI=1S/C24H31N5O4/c1-18-7-5-6-10-29(18)23(31)17-27-11-13-28(14-12-27)22(30)16-25-24(32)20-15-21(33-26-20)19-8-3-2-4-9-19/h2-4,8-9,15,18H,5-7,10-14,16-17H2,1H3,(H,25,32). The molecule has 4 rings (SSSR count). The van der Waals surface area contributed by atoms with Crippen molar-refractivity contribution in [1.82, 2.24) is 25.2 Å². The van der Waals surface area contributed by atoms with Crippen molar-refractivity contribution in [2.75, 3.05) is 45.8 Å². The van der Waals surface area contributed by atoms with Crippen molar-refractivity contribution in [3.63, 3.8) is 0 Å². The van der Waals surface area contributed by atoms with Gasteiger partial charge in [0.1, 0.15) is 0 Å². The van der Waals surface area contributed by atoms with Crippen molar-refractivity contribution in [1.29, 1.82) is 0 Å². The van der Waals surface area contributed by atoms with Gasteiger partial charge in [-0.15, -0.1) is 0 Å². The second-order valence-electron chi connectivity index (χ2n) is 8.71. The average molecular weight is 454 g/mol. The first-order chi connectivity index (χ1) is 16.0. The molecule has 2 aliphatic heterocycles. The van der Waals surface area contributed by atoms with E-state index in [0.29, 0.717) is 44.5 Å². The summed E-state index contributed by atoms with van der Waals surface area (Å²) in [5, 5.41) is 6.43. The zero-order valence-corrected chi connectivity index (χ0v) is 19.0. The van der Waals surface area contributed by atoms with E-state index in [0.717, 1.165) is 24.9 Å². The molecular formula is C24H31N5O4. The van der Waals surface area contributed by atoms with Crippen LogP contribution in [0.25, 0.3) is 11.3 Å². The first-order valence-corrected chi connectivity index (χ1v) is 11.6. The fourth-order valence-electron chi connectivity index (χ4n) is 4.39. The maximum absolute atomic E-state index is 12.6. The second-order valence-corrected chi connectivity index (χ2v) is 8.71. The van der Waals surface area contributed by atoms with Crippen molar-refractivity contribution in [3.8, 4) is 11.3 Å². The van der Waals surface area contributed by atoms with Gasteiger partial charge in [0, 0.05) is 50.4 Å². The van der Waals surface area contributed by atoms with Crippen LogP contribution >= 0.6 is 0 Å². The third kappa shape index (κ3) is 5.78. The average Bonchev–Trinajstić information content (AvgIpc) is 3.34. The molecule has 0 spiro atoms. The molecule has 2 aliphatic rings. The Morgan fingerprint density at radius 3 is 2.52 bits per heavy atom. The summed E-state index contributed by atoms with van der Waals surface area (Å²) in [6.07, 6.45) is 3.33. The Labute approximate surface area is 193 Å². The Bertz CT molecular complexity index is 968. The fourth-order valence-corrected chi connectivity index (χ4v) is 4.39. The SMILES string of the molecule is CC1CCCCN1C(=O)CN1CCN(C(=O)CNC(=O)c2cc(-c3ccccc3)on2)CC1. The molecule has 0 aliphatic carbocycles. The number of carbonyl (C=O) groups excluding carboxylic acids is 3. The second kappa shape index (κ2) is 10.6. The number of nitrogens with zero attached hydrogens (tertiary/aromatic N) is 4. The van der Waals surface area contributed by atoms with Crippen LogP contribution in [0.2, 0.25) is 0 Å². The molecule has 0 radical (unpaired) electrons. The minimum atomic E-state index is -0.450. The van der Waals surface area contributed by atoms with Crippen molar-refractivity contribution in [2.45, 2.75) is 32.2 Å². The number of amides is 3. The minimum absolute atomic E-state index is 0.101. The van der Waals surface area contributed by atoms with E-state index < -0.39 is 5.91 Å². The van der Waals surface area contributed by atoms with E-state index in [2.05, 4.69) is 22.3 Å².